The third-order valence-electron chi connectivity index (χ3n) is 10.3. The average molecular weight is 801 g/mol. The summed E-state index contributed by atoms with van der Waals surface area (Å²) in [5.74, 6) is -0.414. The van der Waals surface area contributed by atoms with Crippen LogP contribution in [-0.2, 0) is 28.6 Å². The fourth-order valence-corrected chi connectivity index (χ4v) is 7.34. The van der Waals surface area contributed by atoms with Crippen molar-refractivity contribution < 1.29 is 42.6 Å². The maximum absolute atomic E-state index is 13.7. The van der Waals surface area contributed by atoms with Crippen molar-refractivity contribution in [3.8, 4) is 11.3 Å². The number of carbonyl (C=O) groups excluding carboxylic acids is 5. The van der Waals surface area contributed by atoms with Gasteiger partial charge in [-0.2, -0.15) is 0 Å². The quantitative estimate of drug-likeness (QED) is 0.0899. The highest BCUT2D eigenvalue weighted by Gasteiger charge is 2.39. The lowest BCUT2D eigenvalue weighted by molar-refractivity contribution is -0.139. The molecule has 0 aliphatic carbocycles. The Hall–Kier alpha value is -7.16. The molecule has 304 valence electrons. The predicted molar refractivity (Wildman–Crippen MR) is 218 cm³/mol. The van der Waals surface area contributed by atoms with E-state index in [1.165, 1.54) is 25.5 Å². The molecular weight excluding hydrogens is 757 g/mol. The van der Waals surface area contributed by atoms with Crippen LogP contribution in [0.15, 0.2) is 119 Å². The van der Waals surface area contributed by atoms with Crippen molar-refractivity contribution in [2.45, 2.75) is 50.0 Å². The van der Waals surface area contributed by atoms with Crippen LogP contribution < -0.4 is 16.0 Å². The van der Waals surface area contributed by atoms with Gasteiger partial charge in [0.05, 0.1) is 19.9 Å². The summed E-state index contributed by atoms with van der Waals surface area (Å²) in [6.07, 6.45) is 1.78. The zero-order valence-corrected chi connectivity index (χ0v) is 32.5. The number of fused-ring (bicyclic) bond motifs is 1. The number of alkyl carbamates (subject to hydrolysis) is 2. The molecule has 5 amide bonds. The molecule has 15 heteroatoms. The number of nitrogens with one attached hydrogen (secondary N) is 3. The fraction of sp³-hybridized carbons (Fsp3) is 0.273. The van der Waals surface area contributed by atoms with E-state index in [1.54, 1.807) is 71.6 Å². The summed E-state index contributed by atoms with van der Waals surface area (Å²) in [5.41, 5.74) is 3.81. The van der Waals surface area contributed by atoms with Gasteiger partial charge < -0.3 is 44.4 Å². The SMILES string of the molecule is COC(=O)N[C@@H](C(=O)N1CCC[C@H]1OC=Nc1ccc2oc(-c3ccc(NC(=O)[C@@H]4CCCN4C(=O)[C@H](NC(=O)OC)c4ccccc4)cc3)cc2c1)c1ccccc1. The highest BCUT2D eigenvalue weighted by atomic mass is 16.5. The minimum absolute atomic E-state index is 0.309. The highest BCUT2D eigenvalue weighted by Crippen LogP contribution is 2.32. The van der Waals surface area contributed by atoms with Crippen molar-refractivity contribution in [1.29, 1.82) is 0 Å². The lowest BCUT2D eigenvalue weighted by atomic mass is 10.0. The molecule has 0 bridgehead atoms. The van der Waals surface area contributed by atoms with Crippen molar-refractivity contribution in [2.24, 2.45) is 4.99 Å². The second-order valence-corrected chi connectivity index (χ2v) is 14.0. The first-order chi connectivity index (χ1) is 28.7. The number of amides is 5. The summed E-state index contributed by atoms with van der Waals surface area (Å²) < 4.78 is 21.6. The predicted octanol–water partition coefficient (Wildman–Crippen LogP) is 6.85. The minimum atomic E-state index is -1.01. The highest BCUT2D eigenvalue weighted by molar-refractivity contribution is 5.99. The van der Waals surface area contributed by atoms with Crippen LogP contribution in [0.1, 0.15) is 48.9 Å². The molecule has 0 saturated carbocycles. The monoisotopic (exact) mass is 800 g/mol. The van der Waals surface area contributed by atoms with E-state index in [2.05, 4.69) is 20.9 Å². The van der Waals surface area contributed by atoms with Gasteiger partial charge in [0.15, 0.2) is 12.6 Å². The number of hydrogen-bond acceptors (Lipinski definition) is 10. The van der Waals surface area contributed by atoms with Crippen molar-refractivity contribution in [1.82, 2.24) is 20.4 Å². The van der Waals surface area contributed by atoms with E-state index in [9.17, 15) is 24.0 Å². The topological polar surface area (TPSA) is 181 Å². The number of ether oxygens (including phenoxy) is 3. The van der Waals surface area contributed by atoms with Gasteiger partial charge in [0.1, 0.15) is 29.5 Å². The lowest BCUT2D eigenvalue weighted by Gasteiger charge is -2.28. The van der Waals surface area contributed by atoms with E-state index in [-0.39, 0.29) is 11.8 Å². The first-order valence-corrected chi connectivity index (χ1v) is 19.2. The molecule has 0 unspecified atom stereocenters. The zero-order chi connectivity index (χ0) is 41.3. The maximum Gasteiger partial charge on any atom is 0.407 e. The van der Waals surface area contributed by atoms with E-state index in [0.29, 0.717) is 66.2 Å². The van der Waals surface area contributed by atoms with Crippen LogP contribution >= 0.6 is 0 Å². The molecule has 3 heterocycles. The zero-order valence-electron chi connectivity index (χ0n) is 32.5. The Kier molecular flexibility index (Phi) is 12.5. The van der Waals surface area contributed by atoms with Crippen molar-refractivity contribution in [3.63, 3.8) is 0 Å². The van der Waals surface area contributed by atoms with Gasteiger partial charge in [-0.25, -0.2) is 14.6 Å². The first kappa shape index (κ1) is 40.1. The van der Waals surface area contributed by atoms with E-state index >= 15 is 0 Å². The van der Waals surface area contributed by atoms with E-state index in [0.717, 1.165) is 17.4 Å². The smallest absolute Gasteiger partial charge is 0.407 e. The number of hydrogen-bond donors (Lipinski definition) is 3. The van der Waals surface area contributed by atoms with Gasteiger partial charge in [-0.3, -0.25) is 14.4 Å². The molecule has 1 aromatic heterocycles. The molecule has 2 saturated heterocycles. The molecule has 0 spiro atoms. The number of methoxy groups -OCH3 is 2. The van der Waals surface area contributed by atoms with Gasteiger partial charge in [-0.1, -0.05) is 60.7 Å². The summed E-state index contributed by atoms with van der Waals surface area (Å²) in [6.45, 7) is 0.843. The molecule has 2 fully saturated rings. The largest absolute Gasteiger partial charge is 0.460 e. The Balaban J connectivity index is 0.970. The second-order valence-electron chi connectivity index (χ2n) is 14.0. The molecule has 15 nitrogen and oxygen atoms in total. The van der Waals surface area contributed by atoms with Gasteiger partial charge in [-0.05, 0) is 78.9 Å². The van der Waals surface area contributed by atoms with Crippen LogP contribution in [0, 0.1) is 0 Å². The van der Waals surface area contributed by atoms with Crippen LogP contribution in [0.5, 0.6) is 0 Å². The summed E-state index contributed by atoms with van der Waals surface area (Å²) in [6, 6.07) is 29.7. The molecule has 2 aliphatic rings. The maximum atomic E-state index is 13.7. The molecule has 7 rings (SSSR count). The van der Waals surface area contributed by atoms with Gasteiger partial charge in [-0.15, -0.1) is 0 Å². The van der Waals surface area contributed by atoms with E-state index in [1.807, 2.05) is 42.5 Å². The third kappa shape index (κ3) is 9.36. The number of likely N-dealkylation sites (tertiary alicyclic amines) is 2. The lowest BCUT2D eigenvalue weighted by Crippen LogP contribution is -2.48. The molecule has 5 aromatic rings. The Bertz CT molecular complexity index is 2320. The molecule has 3 N–H and O–H groups in total. The fourth-order valence-electron chi connectivity index (χ4n) is 7.34. The van der Waals surface area contributed by atoms with Crippen molar-refractivity contribution >= 4 is 58.7 Å². The number of rotatable bonds is 12. The number of carbonyl (C=O) groups is 5. The Morgan fingerprint density at radius 2 is 1.32 bits per heavy atom. The van der Waals surface area contributed by atoms with Crippen LogP contribution in [0.2, 0.25) is 0 Å². The Morgan fingerprint density at radius 1 is 0.729 bits per heavy atom. The van der Waals surface area contributed by atoms with Gasteiger partial charge in [0, 0.05) is 36.1 Å². The van der Waals surface area contributed by atoms with Gasteiger partial charge in [0.25, 0.3) is 11.8 Å². The third-order valence-corrected chi connectivity index (χ3v) is 10.3. The molecule has 4 aromatic carbocycles. The van der Waals surface area contributed by atoms with Crippen molar-refractivity contribution in [3.05, 3.63) is 120 Å². The molecule has 59 heavy (non-hydrogen) atoms. The van der Waals surface area contributed by atoms with Crippen LogP contribution in [0.3, 0.4) is 0 Å². The summed E-state index contributed by atoms with van der Waals surface area (Å²) in [4.78, 5) is 72.7. The Morgan fingerprint density at radius 3 is 1.95 bits per heavy atom. The van der Waals surface area contributed by atoms with Crippen LogP contribution in [0.4, 0.5) is 21.0 Å². The minimum Gasteiger partial charge on any atom is -0.460 e. The first-order valence-electron chi connectivity index (χ1n) is 19.2. The normalized spacial score (nSPS) is 17.3. The van der Waals surface area contributed by atoms with Crippen LogP contribution in [0.25, 0.3) is 22.3 Å². The number of aliphatic imine (C=N–C) groups is 1. The number of furan rings is 1. The number of benzene rings is 4. The molecule has 0 radical (unpaired) electrons. The number of anilines is 1. The average Bonchev–Trinajstić information content (AvgIpc) is 4.06. The van der Waals surface area contributed by atoms with Crippen molar-refractivity contribution in [2.75, 3.05) is 32.6 Å². The van der Waals surface area contributed by atoms with E-state index < -0.39 is 42.4 Å². The van der Waals surface area contributed by atoms with Gasteiger partial charge >= 0.3 is 12.2 Å². The number of nitrogens with zero attached hydrogens (tertiary/aromatic N) is 3. The molecular formula is C44H44N6O9. The summed E-state index contributed by atoms with van der Waals surface area (Å²) in [5, 5.41) is 9.00. The Labute approximate surface area is 340 Å². The molecule has 4 atom stereocenters. The van der Waals surface area contributed by atoms with E-state index in [4.69, 9.17) is 18.6 Å². The summed E-state index contributed by atoms with van der Waals surface area (Å²) in [7, 11) is 2.48. The second kappa shape index (κ2) is 18.4. The summed E-state index contributed by atoms with van der Waals surface area (Å²) >= 11 is 0. The molecule has 2 aliphatic heterocycles. The van der Waals surface area contributed by atoms with Gasteiger partial charge in [0.2, 0.25) is 5.91 Å². The standard InChI is InChI=1S/C44H44N6O9/c1-56-43(54)47-38(29-11-5-3-6-12-29)41(52)49-23-9-15-34(49)40(51)46-32-19-17-28(18-20-32)36-26-31-25-33(21-22-35(31)59-36)45-27-58-37-16-10-24-50(37)42(53)39(48-44(55)57-2)30-13-7-4-8-14-30/h3-8,11-14,17-22,25-27,34,37-39H,9-10,15-16,23-24H2,1-2H3,(H,46,51)(H,47,54)(H,48,55)/t34-,37+,38+,39+/m0/s1. The van der Waals surface area contributed by atoms with Crippen LogP contribution in [-0.4, -0.2) is 85.7 Å².